The zero-order valence-electron chi connectivity index (χ0n) is 14.0. The highest BCUT2D eigenvalue weighted by Crippen LogP contribution is 2.23. The van der Waals surface area contributed by atoms with Crippen LogP contribution in [0, 0.1) is 10.1 Å². The van der Waals surface area contributed by atoms with Gasteiger partial charge >= 0.3 is 5.69 Å². The molecular weight excluding hydrogens is 310 g/mol. The van der Waals surface area contributed by atoms with Crippen molar-refractivity contribution >= 4 is 17.3 Å². The van der Waals surface area contributed by atoms with Gasteiger partial charge in [-0.3, -0.25) is 20.0 Å². The second kappa shape index (κ2) is 7.69. The number of rotatable bonds is 7. The van der Waals surface area contributed by atoms with E-state index in [2.05, 4.69) is 15.5 Å². The smallest absolute Gasteiger partial charge is 0.320 e. The van der Waals surface area contributed by atoms with Crippen molar-refractivity contribution in [3.05, 3.63) is 51.3 Å². The van der Waals surface area contributed by atoms with Crippen LogP contribution in [0.5, 0.6) is 0 Å². The lowest BCUT2D eigenvalue weighted by Gasteiger charge is -2.11. The summed E-state index contributed by atoms with van der Waals surface area (Å²) in [4.78, 5) is 25.1. The summed E-state index contributed by atoms with van der Waals surface area (Å²) < 4.78 is 0. The topological polar surface area (TPSA) is 104 Å². The fourth-order valence-electron chi connectivity index (χ4n) is 2.45. The van der Waals surface area contributed by atoms with Crippen molar-refractivity contribution < 1.29 is 9.72 Å². The molecule has 1 aromatic carbocycles. The van der Waals surface area contributed by atoms with E-state index in [1.165, 1.54) is 0 Å². The third-order valence-corrected chi connectivity index (χ3v) is 3.39. The first-order valence-corrected chi connectivity index (χ1v) is 7.69. The first kappa shape index (κ1) is 17.6. The molecule has 24 heavy (non-hydrogen) atoms. The molecule has 2 aromatic rings. The highest BCUT2D eigenvalue weighted by Gasteiger charge is 2.28. The van der Waals surface area contributed by atoms with E-state index in [-0.39, 0.29) is 11.4 Å². The van der Waals surface area contributed by atoms with Crippen LogP contribution in [0.25, 0.3) is 0 Å². The van der Waals surface area contributed by atoms with Crippen molar-refractivity contribution in [3.8, 4) is 0 Å². The minimum Gasteiger partial charge on any atom is -0.320 e. The van der Waals surface area contributed by atoms with Gasteiger partial charge in [-0.05, 0) is 38.2 Å². The van der Waals surface area contributed by atoms with Gasteiger partial charge in [-0.15, -0.1) is 0 Å². The van der Waals surface area contributed by atoms with Crippen LogP contribution in [-0.2, 0) is 13.0 Å². The van der Waals surface area contributed by atoms with Crippen LogP contribution >= 0.6 is 0 Å². The zero-order chi connectivity index (χ0) is 17.7. The Morgan fingerprint density at radius 3 is 2.79 bits per heavy atom. The molecule has 0 aliphatic heterocycles. The fourth-order valence-corrected chi connectivity index (χ4v) is 2.45. The fraction of sp³-hybridized carbons (Fsp3) is 0.375. The Morgan fingerprint density at radius 1 is 1.42 bits per heavy atom. The highest BCUT2D eigenvalue weighted by molar-refractivity contribution is 6.05. The van der Waals surface area contributed by atoms with E-state index in [9.17, 15) is 14.9 Å². The predicted octanol–water partition coefficient (Wildman–Crippen LogP) is 2.58. The predicted molar refractivity (Wildman–Crippen MR) is 91.0 cm³/mol. The van der Waals surface area contributed by atoms with Gasteiger partial charge in [0.05, 0.1) is 4.92 Å². The number of hydrogen-bond donors (Lipinski definition) is 2. The van der Waals surface area contributed by atoms with Crippen molar-refractivity contribution in [1.29, 1.82) is 0 Å². The van der Waals surface area contributed by atoms with Crippen LogP contribution < -0.4 is 5.32 Å². The molecule has 0 aliphatic rings. The third-order valence-electron chi connectivity index (χ3n) is 3.39. The van der Waals surface area contributed by atoms with Gasteiger partial charge in [-0.1, -0.05) is 25.5 Å². The van der Waals surface area contributed by atoms with E-state index in [0.717, 1.165) is 18.5 Å². The van der Waals surface area contributed by atoms with E-state index in [1.54, 1.807) is 6.07 Å². The van der Waals surface area contributed by atoms with Crippen LogP contribution in [0.15, 0.2) is 24.3 Å². The molecule has 0 atom stereocenters. The number of hydrogen-bond acceptors (Lipinski definition) is 5. The largest absolute Gasteiger partial charge is 0.322 e. The second-order valence-electron chi connectivity index (χ2n) is 5.80. The SMILES string of the molecule is CCCc1[nH]nc(C(=O)Nc2cccc(CN(C)C)c2)c1[N+](=O)[O-]. The molecule has 0 unspecified atom stereocenters. The zero-order valence-corrected chi connectivity index (χ0v) is 14.0. The van der Waals surface area contributed by atoms with Gasteiger partial charge in [0.15, 0.2) is 0 Å². The molecule has 1 amide bonds. The molecule has 1 heterocycles. The molecule has 0 radical (unpaired) electrons. The number of H-pyrrole nitrogens is 1. The van der Waals surface area contributed by atoms with Crippen LogP contribution in [0.1, 0.15) is 35.1 Å². The van der Waals surface area contributed by atoms with Crippen molar-refractivity contribution in [2.75, 3.05) is 19.4 Å². The summed E-state index contributed by atoms with van der Waals surface area (Å²) in [5, 5.41) is 20.4. The summed E-state index contributed by atoms with van der Waals surface area (Å²) in [6.45, 7) is 2.63. The van der Waals surface area contributed by atoms with Crippen molar-refractivity contribution in [2.24, 2.45) is 0 Å². The minimum atomic E-state index is -0.595. The number of anilines is 1. The molecule has 0 bridgehead atoms. The lowest BCUT2D eigenvalue weighted by molar-refractivity contribution is -0.385. The Bertz CT molecular complexity index is 739. The number of aromatic nitrogens is 2. The molecule has 0 aliphatic carbocycles. The van der Waals surface area contributed by atoms with Gasteiger partial charge < -0.3 is 10.2 Å². The maximum Gasteiger partial charge on any atom is 0.322 e. The average molecular weight is 331 g/mol. The standard InChI is InChI=1S/C16H21N5O3/c1-4-6-13-15(21(23)24)14(19-18-13)16(22)17-12-8-5-7-11(9-12)10-20(2)3/h5,7-9H,4,6,10H2,1-3H3,(H,17,22)(H,18,19). The van der Waals surface area contributed by atoms with E-state index >= 15 is 0 Å². The van der Waals surface area contributed by atoms with E-state index in [4.69, 9.17) is 0 Å². The molecule has 2 N–H and O–H groups in total. The van der Waals surface area contributed by atoms with E-state index < -0.39 is 10.8 Å². The number of carbonyl (C=O) groups excluding carboxylic acids is 1. The molecule has 0 saturated heterocycles. The van der Waals surface area contributed by atoms with Gasteiger partial charge in [0.2, 0.25) is 5.69 Å². The van der Waals surface area contributed by atoms with Gasteiger partial charge in [-0.25, -0.2) is 0 Å². The lowest BCUT2D eigenvalue weighted by atomic mass is 10.1. The molecule has 128 valence electrons. The maximum atomic E-state index is 12.4. The molecule has 0 spiro atoms. The third kappa shape index (κ3) is 4.17. The number of nitrogens with zero attached hydrogens (tertiary/aromatic N) is 3. The molecule has 8 heteroatoms. The summed E-state index contributed by atoms with van der Waals surface area (Å²) in [7, 11) is 3.90. The summed E-state index contributed by atoms with van der Waals surface area (Å²) >= 11 is 0. The molecule has 2 rings (SSSR count). The van der Waals surface area contributed by atoms with Crippen LogP contribution in [0.3, 0.4) is 0 Å². The van der Waals surface area contributed by atoms with Crippen LogP contribution in [0.4, 0.5) is 11.4 Å². The number of aromatic amines is 1. The summed E-state index contributed by atoms with van der Waals surface area (Å²) in [5.41, 5.74) is 1.53. The van der Waals surface area contributed by atoms with Crippen LogP contribution in [-0.4, -0.2) is 40.0 Å². The monoisotopic (exact) mass is 331 g/mol. The normalized spacial score (nSPS) is 10.8. The number of aryl methyl sites for hydroxylation is 1. The van der Waals surface area contributed by atoms with Crippen molar-refractivity contribution in [3.63, 3.8) is 0 Å². The number of carbonyl (C=O) groups is 1. The van der Waals surface area contributed by atoms with Crippen molar-refractivity contribution in [2.45, 2.75) is 26.3 Å². The first-order chi connectivity index (χ1) is 11.4. The lowest BCUT2D eigenvalue weighted by Crippen LogP contribution is -2.15. The van der Waals surface area contributed by atoms with Crippen molar-refractivity contribution in [1.82, 2.24) is 15.1 Å². The first-order valence-electron chi connectivity index (χ1n) is 7.69. The molecule has 0 fully saturated rings. The van der Waals surface area contributed by atoms with Crippen LogP contribution in [0.2, 0.25) is 0 Å². The van der Waals surface area contributed by atoms with E-state index in [0.29, 0.717) is 17.8 Å². The Balaban J connectivity index is 2.23. The summed E-state index contributed by atoms with van der Waals surface area (Å²) in [5.74, 6) is -0.595. The minimum absolute atomic E-state index is 0.193. The number of nitrogens with one attached hydrogen (secondary N) is 2. The number of amides is 1. The molecular formula is C16H21N5O3. The molecule has 0 saturated carbocycles. The molecule has 8 nitrogen and oxygen atoms in total. The Labute approximate surface area is 140 Å². The number of benzene rings is 1. The van der Waals surface area contributed by atoms with Gasteiger partial charge in [0.25, 0.3) is 5.91 Å². The Morgan fingerprint density at radius 2 is 2.17 bits per heavy atom. The average Bonchev–Trinajstić information content (AvgIpc) is 2.91. The van der Waals surface area contributed by atoms with Gasteiger partial charge in [-0.2, -0.15) is 5.10 Å². The van der Waals surface area contributed by atoms with E-state index in [1.807, 2.05) is 44.1 Å². The maximum absolute atomic E-state index is 12.4. The summed E-state index contributed by atoms with van der Waals surface area (Å²) in [6, 6.07) is 7.35. The Hall–Kier alpha value is -2.74. The molecule has 1 aromatic heterocycles. The van der Waals surface area contributed by atoms with Gasteiger partial charge in [0.1, 0.15) is 5.69 Å². The quantitative estimate of drug-likeness (QED) is 0.599. The highest BCUT2D eigenvalue weighted by atomic mass is 16.6. The second-order valence-corrected chi connectivity index (χ2v) is 5.80. The van der Waals surface area contributed by atoms with Gasteiger partial charge in [0, 0.05) is 12.2 Å². The summed E-state index contributed by atoms with van der Waals surface area (Å²) in [6.07, 6.45) is 1.19. The number of nitro groups is 1. The Kier molecular flexibility index (Phi) is 5.64.